The van der Waals surface area contributed by atoms with E-state index in [0.29, 0.717) is 0 Å². The maximum atomic E-state index is 10.1. The van der Waals surface area contributed by atoms with Crippen molar-refractivity contribution >= 4 is 7.59 Å². The highest BCUT2D eigenvalue weighted by Gasteiger charge is 2.02. The molecule has 0 heterocycles. The van der Waals surface area contributed by atoms with E-state index in [-0.39, 0.29) is 0 Å². The second-order valence-electron chi connectivity index (χ2n) is 1.00. The van der Waals surface area contributed by atoms with Crippen molar-refractivity contribution in [1.29, 1.82) is 0 Å². The number of nitrogens with one attached hydrogen (secondary N) is 1. The first kappa shape index (κ1) is 7.07. The van der Waals surface area contributed by atoms with Gasteiger partial charge < -0.3 is 0 Å². The summed E-state index contributed by atoms with van der Waals surface area (Å²) in [7, 11) is -1.85. The molecule has 0 spiro atoms. The second kappa shape index (κ2) is 2.40. The fourth-order valence-corrected chi connectivity index (χ4v) is 0.428. The molecule has 0 amide bonds. The van der Waals surface area contributed by atoms with Crippen LogP contribution in [0.3, 0.4) is 0 Å². The zero-order valence-electron chi connectivity index (χ0n) is 3.92. The van der Waals surface area contributed by atoms with E-state index in [1.54, 1.807) is 0 Å². The molecule has 0 fully saturated rings. The molecule has 0 aromatic carbocycles. The summed E-state index contributed by atoms with van der Waals surface area (Å²) in [5.41, 5.74) is 9.49. The van der Waals surface area contributed by atoms with Gasteiger partial charge in [-0.3, -0.25) is 20.4 Å². The third kappa shape index (κ3) is 6.07. The van der Waals surface area contributed by atoms with Gasteiger partial charge in [0.1, 0.15) is 0 Å². The molecular weight excluding hydrogens is 117 g/mol. The SMILES string of the molecule is CONP(N)(N)=O. The first-order valence-electron chi connectivity index (χ1n) is 1.53. The van der Waals surface area contributed by atoms with Crippen LogP contribution in [0.1, 0.15) is 0 Å². The van der Waals surface area contributed by atoms with Crippen molar-refractivity contribution < 1.29 is 9.40 Å². The van der Waals surface area contributed by atoms with Crippen molar-refractivity contribution in [1.82, 2.24) is 5.25 Å². The maximum absolute atomic E-state index is 10.1. The quantitative estimate of drug-likeness (QED) is 0.330. The van der Waals surface area contributed by atoms with E-state index in [0.717, 1.165) is 0 Å². The molecule has 0 saturated heterocycles. The predicted octanol–water partition coefficient (Wildman–Crippen LogP) is -0.837. The summed E-state index contributed by atoms with van der Waals surface area (Å²) in [6.45, 7) is 0. The Hall–Kier alpha value is 0.0700. The minimum absolute atomic E-state index is 1.28. The Morgan fingerprint density at radius 2 is 2.14 bits per heavy atom. The minimum atomic E-state index is -3.14. The molecular formula is CH8N3O2P. The summed E-state index contributed by atoms with van der Waals surface area (Å²) < 4.78 is 10.1. The number of hydrogen-bond acceptors (Lipinski definition) is 2. The van der Waals surface area contributed by atoms with Gasteiger partial charge in [0.2, 0.25) is 0 Å². The average molecular weight is 125 g/mol. The maximum Gasteiger partial charge on any atom is 0.296 e. The third-order valence-corrected chi connectivity index (χ3v) is 0.702. The Balaban J connectivity index is 3.36. The van der Waals surface area contributed by atoms with Gasteiger partial charge in [-0.1, -0.05) is 0 Å². The fraction of sp³-hybridized carbons (Fsp3) is 1.00. The van der Waals surface area contributed by atoms with Crippen LogP contribution in [0.25, 0.3) is 0 Å². The van der Waals surface area contributed by atoms with Gasteiger partial charge in [-0.2, -0.15) is 0 Å². The molecule has 0 aromatic heterocycles. The van der Waals surface area contributed by atoms with E-state index in [2.05, 4.69) is 4.84 Å². The largest absolute Gasteiger partial charge is 0.297 e. The van der Waals surface area contributed by atoms with Gasteiger partial charge in [-0.15, -0.1) is 5.25 Å². The van der Waals surface area contributed by atoms with Gasteiger partial charge in [0.05, 0.1) is 7.11 Å². The zero-order valence-corrected chi connectivity index (χ0v) is 4.81. The van der Waals surface area contributed by atoms with E-state index >= 15 is 0 Å². The van der Waals surface area contributed by atoms with Gasteiger partial charge in [-0.25, -0.2) is 0 Å². The van der Waals surface area contributed by atoms with Crippen molar-refractivity contribution in [3.8, 4) is 0 Å². The molecule has 0 atom stereocenters. The van der Waals surface area contributed by atoms with Crippen LogP contribution >= 0.6 is 7.59 Å². The van der Waals surface area contributed by atoms with Crippen molar-refractivity contribution in [2.24, 2.45) is 11.0 Å². The minimum Gasteiger partial charge on any atom is -0.297 e. The Bertz CT molecular complexity index is 86.9. The summed E-state index contributed by atoms with van der Waals surface area (Å²) >= 11 is 0. The molecule has 6 heteroatoms. The Morgan fingerprint density at radius 1 is 1.71 bits per heavy atom. The molecule has 0 aliphatic rings. The van der Waals surface area contributed by atoms with Crippen LogP contribution in [0, 0.1) is 0 Å². The lowest BCUT2D eigenvalue weighted by Gasteiger charge is -2.02. The lowest BCUT2D eigenvalue weighted by Crippen LogP contribution is -2.20. The van der Waals surface area contributed by atoms with E-state index < -0.39 is 7.59 Å². The third-order valence-electron chi connectivity index (χ3n) is 0.234. The molecule has 0 aromatic rings. The van der Waals surface area contributed by atoms with E-state index in [1.807, 2.05) is 5.25 Å². The fourth-order valence-electron chi connectivity index (χ4n) is 0.143. The van der Waals surface area contributed by atoms with Crippen LogP contribution in [0.15, 0.2) is 0 Å². The van der Waals surface area contributed by atoms with Crippen LogP contribution in [0.2, 0.25) is 0 Å². The number of rotatable bonds is 2. The average Bonchev–Trinajstić information content (AvgIpc) is 1.30. The van der Waals surface area contributed by atoms with Crippen LogP contribution in [0.4, 0.5) is 0 Å². The number of hydrogen-bond donors (Lipinski definition) is 3. The Morgan fingerprint density at radius 3 is 2.14 bits per heavy atom. The Kier molecular flexibility index (Phi) is 2.42. The first-order chi connectivity index (χ1) is 3.06. The van der Waals surface area contributed by atoms with Gasteiger partial charge in [0.25, 0.3) is 7.59 Å². The standard InChI is InChI=1S/CH8N3O2P/c1-6-4-7(2,3)5/h1H3,(H5,2,3,4,5). The summed E-state index contributed by atoms with van der Waals surface area (Å²) in [4.78, 5) is 4.14. The molecule has 0 rings (SSSR count). The first-order valence-corrected chi connectivity index (χ1v) is 3.38. The molecule has 0 aliphatic carbocycles. The smallest absolute Gasteiger partial charge is 0.296 e. The molecule has 7 heavy (non-hydrogen) atoms. The van der Waals surface area contributed by atoms with Gasteiger partial charge >= 0.3 is 0 Å². The summed E-state index contributed by atoms with van der Waals surface area (Å²) in [6.07, 6.45) is 0. The highest BCUT2D eigenvalue weighted by Crippen LogP contribution is 2.15. The lowest BCUT2D eigenvalue weighted by atomic mass is 11.7. The van der Waals surface area contributed by atoms with Crippen molar-refractivity contribution in [2.75, 3.05) is 7.11 Å². The van der Waals surface area contributed by atoms with Crippen LogP contribution in [-0.2, 0) is 9.40 Å². The summed E-state index contributed by atoms with van der Waals surface area (Å²) in [6, 6.07) is 0. The molecule has 0 bridgehead atoms. The normalized spacial score (nSPS) is 11.9. The van der Waals surface area contributed by atoms with Crippen LogP contribution < -0.4 is 16.3 Å². The summed E-state index contributed by atoms with van der Waals surface area (Å²) in [5.74, 6) is 0. The monoisotopic (exact) mass is 125 g/mol. The predicted molar refractivity (Wildman–Crippen MR) is 26.1 cm³/mol. The molecule has 0 radical (unpaired) electrons. The lowest BCUT2D eigenvalue weighted by molar-refractivity contribution is 0.151. The van der Waals surface area contributed by atoms with E-state index in [9.17, 15) is 4.57 Å². The van der Waals surface area contributed by atoms with Crippen LogP contribution in [-0.4, -0.2) is 7.11 Å². The zero-order chi connectivity index (χ0) is 5.91. The van der Waals surface area contributed by atoms with Gasteiger partial charge in [0.15, 0.2) is 0 Å². The molecule has 44 valence electrons. The van der Waals surface area contributed by atoms with Crippen LogP contribution in [0.5, 0.6) is 0 Å². The molecule has 0 aliphatic heterocycles. The molecule has 0 unspecified atom stereocenters. The number of nitrogens with two attached hydrogens (primary N) is 2. The van der Waals surface area contributed by atoms with Crippen molar-refractivity contribution in [2.45, 2.75) is 0 Å². The Labute approximate surface area is 41.5 Å². The van der Waals surface area contributed by atoms with E-state index in [1.165, 1.54) is 7.11 Å². The summed E-state index contributed by atoms with van der Waals surface area (Å²) in [5, 5.41) is 1.90. The highest BCUT2D eigenvalue weighted by molar-refractivity contribution is 7.56. The van der Waals surface area contributed by atoms with Gasteiger partial charge in [-0.05, 0) is 0 Å². The molecule has 0 saturated carbocycles. The molecule has 5 nitrogen and oxygen atoms in total. The van der Waals surface area contributed by atoms with Gasteiger partial charge in [0, 0.05) is 0 Å². The second-order valence-corrected chi connectivity index (χ2v) is 2.61. The van der Waals surface area contributed by atoms with Crippen molar-refractivity contribution in [3.63, 3.8) is 0 Å². The topological polar surface area (TPSA) is 90.4 Å². The molecule has 5 N–H and O–H groups in total. The van der Waals surface area contributed by atoms with Crippen molar-refractivity contribution in [3.05, 3.63) is 0 Å². The highest BCUT2D eigenvalue weighted by atomic mass is 31.2. The van der Waals surface area contributed by atoms with E-state index in [4.69, 9.17) is 11.0 Å².